The molecule has 0 heterocycles. The molecular formula is C74H134O6. The Bertz CT molecular complexity index is 1430. The summed E-state index contributed by atoms with van der Waals surface area (Å²) in [6.07, 6.45) is 88.1. The van der Waals surface area contributed by atoms with E-state index in [1.54, 1.807) is 0 Å². The fourth-order valence-corrected chi connectivity index (χ4v) is 10.5. The Morgan fingerprint density at radius 3 is 0.775 bits per heavy atom. The van der Waals surface area contributed by atoms with Gasteiger partial charge in [-0.3, -0.25) is 14.4 Å². The Morgan fingerprint density at radius 1 is 0.263 bits per heavy atom. The molecule has 0 aliphatic rings. The maximum atomic E-state index is 13.0. The Hall–Kier alpha value is -2.89. The van der Waals surface area contributed by atoms with E-state index in [1.165, 1.54) is 250 Å². The third-order valence-corrected chi connectivity index (χ3v) is 15.8. The van der Waals surface area contributed by atoms with Crippen molar-refractivity contribution < 1.29 is 28.6 Å². The van der Waals surface area contributed by atoms with Gasteiger partial charge < -0.3 is 14.2 Å². The molecule has 0 aliphatic heterocycles. The Kier molecular flexibility index (Phi) is 66.1. The molecule has 0 fully saturated rings. The number of unbranched alkanes of at least 4 members (excludes halogenated alkanes) is 44. The van der Waals surface area contributed by atoms with Crippen LogP contribution in [0, 0.1) is 0 Å². The van der Waals surface area contributed by atoms with E-state index in [0.717, 1.165) is 83.5 Å². The second-order valence-electron chi connectivity index (χ2n) is 23.8. The third-order valence-electron chi connectivity index (χ3n) is 15.8. The molecule has 0 aromatic rings. The van der Waals surface area contributed by atoms with Gasteiger partial charge in [0.05, 0.1) is 0 Å². The van der Waals surface area contributed by atoms with Crippen LogP contribution in [0.5, 0.6) is 0 Å². The summed E-state index contributed by atoms with van der Waals surface area (Å²) in [5.41, 5.74) is 0. The third kappa shape index (κ3) is 65.9. The number of carbonyl (C=O) groups is 3. The number of esters is 3. The van der Waals surface area contributed by atoms with Gasteiger partial charge in [-0.1, -0.05) is 332 Å². The molecule has 0 saturated heterocycles. The van der Waals surface area contributed by atoms with Crippen LogP contribution >= 0.6 is 0 Å². The molecule has 6 nitrogen and oxygen atoms in total. The number of rotatable bonds is 65. The lowest BCUT2D eigenvalue weighted by Gasteiger charge is -2.18. The Morgan fingerprint density at radius 2 is 0.487 bits per heavy atom. The minimum Gasteiger partial charge on any atom is -0.462 e. The monoisotopic (exact) mass is 1120 g/mol. The second-order valence-corrected chi connectivity index (χ2v) is 23.8. The molecule has 6 heteroatoms. The maximum Gasteiger partial charge on any atom is 0.306 e. The predicted molar refractivity (Wildman–Crippen MR) is 348 cm³/mol. The van der Waals surface area contributed by atoms with E-state index in [-0.39, 0.29) is 31.1 Å². The fourth-order valence-electron chi connectivity index (χ4n) is 10.5. The zero-order valence-electron chi connectivity index (χ0n) is 53.6. The molecule has 0 N–H and O–H groups in total. The summed E-state index contributed by atoms with van der Waals surface area (Å²) < 4.78 is 17.0. The molecule has 0 aromatic heterocycles. The summed E-state index contributed by atoms with van der Waals surface area (Å²) in [5.74, 6) is -0.849. The molecule has 0 spiro atoms. The highest BCUT2D eigenvalue weighted by atomic mass is 16.6. The minimum atomic E-state index is -0.775. The van der Waals surface area contributed by atoms with E-state index in [0.29, 0.717) is 19.3 Å². The molecule has 0 bridgehead atoms. The van der Waals surface area contributed by atoms with Crippen LogP contribution in [0.1, 0.15) is 374 Å². The molecule has 0 aliphatic carbocycles. The molecule has 0 saturated carbocycles. The molecule has 0 radical (unpaired) electrons. The topological polar surface area (TPSA) is 78.9 Å². The van der Waals surface area contributed by atoms with Crippen molar-refractivity contribution >= 4 is 17.9 Å². The minimum absolute atomic E-state index is 0.0709. The summed E-state index contributed by atoms with van der Waals surface area (Å²) in [7, 11) is 0. The van der Waals surface area contributed by atoms with Gasteiger partial charge in [0.15, 0.2) is 6.10 Å². The lowest BCUT2D eigenvalue weighted by molar-refractivity contribution is -0.167. The maximum absolute atomic E-state index is 13.0. The van der Waals surface area contributed by atoms with Gasteiger partial charge in [0.25, 0.3) is 0 Å². The number of allylic oxidation sites excluding steroid dienone is 10. The molecule has 0 amide bonds. The molecule has 80 heavy (non-hydrogen) atoms. The van der Waals surface area contributed by atoms with E-state index in [9.17, 15) is 14.4 Å². The van der Waals surface area contributed by atoms with Crippen LogP contribution in [-0.2, 0) is 28.6 Å². The number of ether oxygens (including phenoxy) is 3. The van der Waals surface area contributed by atoms with Crippen molar-refractivity contribution in [3.8, 4) is 0 Å². The summed E-state index contributed by atoms with van der Waals surface area (Å²) in [6.45, 7) is 6.59. The summed E-state index contributed by atoms with van der Waals surface area (Å²) in [6, 6.07) is 0. The average molecular weight is 1120 g/mol. The number of carbonyl (C=O) groups excluding carboxylic acids is 3. The van der Waals surface area contributed by atoms with E-state index < -0.39 is 6.10 Å². The summed E-state index contributed by atoms with van der Waals surface area (Å²) >= 11 is 0. The van der Waals surface area contributed by atoms with E-state index in [1.807, 2.05) is 0 Å². The largest absolute Gasteiger partial charge is 0.462 e. The molecular weight excluding hydrogens is 985 g/mol. The van der Waals surface area contributed by atoms with Crippen molar-refractivity contribution in [2.45, 2.75) is 380 Å². The van der Waals surface area contributed by atoms with Crippen molar-refractivity contribution in [2.24, 2.45) is 0 Å². The lowest BCUT2D eigenvalue weighted by atomic mass is 10.0. The van der Waals surface area contributed by atoms with Crippen LogP contribution in [0.3, 0.4) is 0 Å². The van der Waals surface area contributed by atoms with Gasteiger partial charge in [-0.05, 0) is 83.5 Å². The van der Waals surface area contributed by atoms with Gasteiger partial charge in [-0.25, -0.2) is 0 Å². The van der Waals surface area contributed by atoms with Gasteiger partial charge in [0, 0.05) is 19.3 Å². The Labute approximate surface area is 498 Å². The van der Waals surface area contributed by atoms with Crippen LogP contribution in [0.25, 0.3) is 0 Å². The van der Waals surface area contributed by atoms with Crippen molar-refractivity contribution in [1.29, 1.82) is 0 Å². The summed E-state index contributed by atoms with van der Waals surface area (Å²) in [4.78, 5) is 38.5. The molecule has 1 atom stereocenters. The first-order valence-electron chi connectivity index (χ1n) is 35.3. The normalized spacial score (nSPS) is 12.4. The van der Waals surface area contributed by atoms with Gasteiger partial charge in [-0.15, -0.1) is 0 Å². The quantitative estimate of drug-likeness (QED) is 0.0261. The van der Waals surface area contributed by atoms with Crippen molar-refractivity contribution in [3.63, 3.8) is 0 Å². The predicted octanol–water partition coefficient (Wildman–Crippen LogP) is 24.3. The highest BCUT2D eigenvalue weighted by Crippen LogP contribution is 2.18. The highest BCUT2D eigenvalue weighted by molar-refractivity contribution is 5.71. The first kappa shape index (κ1) is 77.1. The molecule has 0 rings (SSSR count). The van der Waals surface area contributed by atoms with Gasteiger partial charge >= 0.3 is 17.9 Å². The molecule has 1 unspecified atom stereocenters. The Balaban J connectivity index is 4.28. The smallest absolute Gasteiger partial charge is 0.306 e. The van der Waals surface area contributed by atoms with Crippen molar-refractivity contribution in [2.75, 3.05) is 13.2 Å². The van der Waals surface area contributed by atoms with Crippen LogP contribution in [0.4, 0.5) is 0 Å². The first-order valence-corrected chi connectivity index (χ1v) is 35.3. The fraction of sp³-hybridized carbons (Fsp3) is 0.824. The lowest BCUT2D eigenvalue weighted by Crippen LogP contribution is -2.30. The van der Waals surface area contributed by atoms with Gasteiger partial charge in [0.2, 0.25) is 0 Å². The van der Waals surface area contributed by atoms with Crippen molar-refractivity contribution in [3.05, 3.63) is 60.8 Å². The van der Waals surface area contributed by atoms with E-state index in [2.05, 4.69) is 81.5 Å². The van der Waals surface area contributed by atoms with Crippen LogP contribution in [0.2, 0.25) is 0 Å². The zero-order chi connectivity index (χ0) is 57.8. The van der Waals surface area contributed by atoms with E-state index >= 15 is 0 Å². The molecule has 0 aromatic carbocycles. The SMILES string of the molecule is CC/C=C\C/C=C\C/C=C\C/C=C\CCCCCCCCCCCCCCCCC(=O)OCC(COC(=O)CCCCCCCCC/C=C\CCCCCCCC)OC(=O)CCCCCCCCCCCCCCCCCCCC. The standard InChI is InChI=1S/C74H134O6/c1-4-7-10-13-16-19-22-25-28-31-33-34-35-36-37-38-39-40-41-44-46-49-52-55-58-61-64-67-73(76)79-70-71(69-78-72(75)66-63-60-57-54-51-48-45-42-30-27-24-21-18-15-12-9-6-3)80-74(77)68-65-62-59-56-53-50-47-43-32-29-26-23-20-17-14-11-8-5-2/h7,10,16,19,25,27-28,30,33-34,71H,4-6,8-9,11-15,17-18,20-24,26,29,31-32,35-70H2,1-3H3/b10-7-,19-16-,28-25-,30-27-,34-33-. The van der Waals surface area contributed by atoms with Crippen LogP contribution in [-0.4, -0.2) is 37.2 Å². The van der Waals surface area contributed by atoms with Crippen LogP contribution in [0.15, 0.2) is 60.8 Å². The first-order chi connectivity index (χ1) is 39.5. The van der Waals surface area contributed by atoms with Crippen LogP contribution < -0.4 is 0 Å². The van der Waals surface area contributed by atoms with Crippen molar-refractivity contribution in [1.82, 2.24) is 0 Å². The summed E-state index contributed by atoms with van der Waals surface area (Å²) in [5, 5.41) is 0. The second kappa shape index (κ2) is 68.6. The zero-order valence-corrected chi connectivity index (χ0v) is 53.6. The highest BCUT2D eigenvalue weighted by Gasteiger charge is 2.19. The van der Waals surface area contributed by atoms with E-state index in [4.69, 9.17) is 14.2 Å². The van der Waals surface area contributed by atoms with Gasteiger partial charge in [0.1, 0.15) is 13.2 Å². The number of hydrogen-bond donors (Lipinski definition) is 0. The van der Waals surface area contributed by atoms with Gasteiger partial charge in [-0.2, -0.15) is 0 Å². The average Bonchev–Trinajstić information content (AvgIpc) is 3.46. The number of hydrogen-bond acceptors (Lipinski definition) is 6. The molecule has 466 valence electrons.